The highest BCUT2D eigenvalue weighted by molar-refractivity contribution is 5.94. The Morgan fingerprint density at radius 1 is 0.946 bits per heavy atom. The molecule has 1 saturated heterocycles. The normalized spacial score (nSPS) is 17.4. The lowest BCUT2D eigenvalue weighted by molar-refractivity contribution is -0.150. The minimum absolute atomic E-state index is 0.0785. The predicted molar refractivity (Wildman–Crippen MR) is 134 cm³/mol. The van der Waals surface area contributed by atoms with Gasteiger partial charge in [0.05, 0.1) is 6.04 Å². The minimum atomic E-state index is -1.27. The number of carbonyl (C=O) groups is 5. The van der Waals surface area contributed by atoms with Gasteiger partial charge in [-0.2, -0.15) is 0 Å². The molecule has 0 aromatic rings. The maximum Gasteiger partial charge on any atom is 0.326 e. The Balaban J connectivity index is 2.94. The van der Waals surface area contributed by atoms with Gasteiger partial charge in [0.15, 0.2) is 5.96 Å². The van der Waals surface area contributed by atoms with Crippen LogP contribution in [0.5, 0.6) is 0 Å². The van der Waals surface area contributed by atoms with Crippen molar-refractivity contribution < 1.29 is 34.2 Å². The van der Waals surface area contributed by atoms with Crippen molar-refractivity contribution in [1.29, 1.82) is 0 Å². The van der Waals surface area contributed by atoms with Gasteiger partial charge in [0.25, 0.3) is 0 Å². The van der Waals surface area contributed by atoms with Gasteiger partial charge < -0.3 is 48.7 Å². The molecule has 0 aromatic carbocycles. The topological polar surface area (TPSA) is 270 Å². The number of hydrogen-bond donors (Lipinski definition) is 8. The number of aliphatic carboxylic acids is 2. The fraction of sp³-hybridized carbons (Fsp3) is 0.727. The molecule has 1 aliphatic heterocycles. The van der Waals surface area contributed by atoms with Gasteiger partial charge in [0.1, 0.15) is 18.1 Å². The van der Waals surface area contributed by atoms with Crippen molar-refractivity contribution in [2.24, 2.45) is 27.9 Å². The molecule has 0 radical (unpaired) electrons. The van der Waals surface area contributed by atoms with E-state index in [1.54, 1.807) is 0 Å². The van der Waals surface area contributed by atoms with Gasteiger partial charge in [-0.25, -0.2) is 4.79 Å². The number of guanidine groups is 1. The summed E-state index contributed by atoms with van der Waals surface area (Å²) in [4.78, 5) is 66.5. The number of nitrogens with one attached hydrogen (secondary N) is 2. The van der Waals surface area contributed by atoms with E-state index in [1.165, 1.54) is 0 Å². The highest BCUT2D eigenvalue weighted by atomic mass is 16.4. The highest BCUT2D eigenvalue weighted by Gasteiger charge is 2.38. The van der Waals surface area contributed by atoms with Crippen LogP contribution in [0.15, 0.2) is 4.99 Å². The number of rotatable bonds is 17. The van der Waals surface area contributed by atoms with Crippen LogP contribution >= 0.6 is 0 Å². The van der Waals surface area contributed by atoms with E-state index in [-0.39, 0.29) is 44.7 Å². The first-order chi connectivity index (χ1) is 17.5. The first kappa shape index (κ1) is 31.6. The van der Waals surface area contributed by atoms with Crippen LogP contribution in [0.1, 0.15) is 57.8 Å². The summed E-state index contributed by atoms with van der Waals surface area (Å²) in [5.41, 5.74) is 22.0. The van der Waals surface area contributed by atoms with Crippen LogP contribution in [0.2, 0.25) is 0 Å². The lowest BCUT2D eigenvalue weighted by Crippen LogP contribution is -2.57. The molecule has 15 nitrogen and oxygen atoms in total. The van der Waals surface area contributed by atoms with Gasteiger partial charge in [0.2, 0.25) is 17.7 Å². The predicted octanol–water partition coefficient (Wildman–Crippen LogP) is -2.59. The molecule has 4 atom stereocenters. The molecule has 0 aliphatic carbocycles. The zero-order valence-electron chi connectivity index (χ0n) is 20.9. The van der Waals surface area contributed by atoms with Gasteiger partial charge >= 0.3 is 11.9 Å². The molecule has 12 N–H and O–H groups in total. The van der Waals surface area contributed by atoms with E-state index < -0.39 is 60.2 Å². The second-order valence-electron chi connectivity index (χ2n) is 8.92. The highest BCUT2D eigenvalue weighted by Crippen LogP contribution is 2.20. The van der Waals surface area contributed by atoms with Crippen molar-refractivity contribution in [3.05, 3.63) is 0 Å². The molecule has 210 valence electrons. The lowest BCUT2D eigenvalue weighted by atomic mass is 10.0. The van der Waals surface area contributed by atoms with Crippen molar-refractivity contribution in [1.82, 2.24) is 15.5 Å². The number of carbonyl (C=O) groups excluding carboxylic acids is 3. The maximum absolute atomic E-state index is 13.1. The number of nitrogens with zero attached hydrogens (tertiary/aromatic N) is 2. The van der Waals surface area contributed by atoms with Gasteiger partial charge in [0, 0.05) is 19.5 Å². The van der Waals surface area contributed by atoms with Crippen molar-refractivity contribution in [3.8, 4) is 0 Å². The summed E-state index contributed by atoms with van der Waals surface area (Å²) in [5.74, 6) is -4.39. The number of carboxylic acids is 2. The van der Waals surface area contributed by atoms with Crippen molar-refractivity contribution >= 4 is 35.6 Å². The number of amides is 3. The van der Waals surface area contributed by atoms with Crippen LogP contribution in [0.25, 0.3) is 0 Å². The van der Waals surface area contributed by atoms with Gasteiger partial charge in [-0.3, -0.25) is 24.2 Å². The van der Waals surface area contributed by atoms with E-state index in [2.05, 4.69) is 15.6 Å². The zero-order valence-corrected chi connectivity index (χ0v) is 20.9. The van der Waals surface area contributed by atoms with Crippen molar-refractivity contribution in [3.63, 3.8) is 0 Å². The molecular formula is C22H40N8O7. The fourth-order valence-corrected chi connectivity index (χ4v) is 3.98. The number of carboxylic acid groups (broad SMARTS) is 2. The molecular weight excluding hydrogens is 488 g/mol. The number of nitrogens with two attached hydrogens (primary N) is 4. The van der Waals surface area contributed by atoms with Gasteiger partial charge in [-0.15, -0.1) is 0 Å². The first-order valence-corrected chi connectivity index (χ1v) is 12.3. The second kappa shape index (κ2) is 16.3. The Kier molecular flexibility index (Phi) is 13.9. The van der Waals surface area contributed by atoms with Crippen LogP contribution in [0.4, 0.5) is 0 Å². The summed E-state index contributed by atoms with van der Waals surface area (Å²) in [6.45, 7) is 0.837. The summed E-state index contributed by atoms with van der Waals surface area (Å²) < 4.78 is 0. The molecule has 4 unspecified atom stereocenters. The van der Waals surface area contributed by atoms with Crippen LogP contribution in [0, 0.1) is 0 Å². The molecule has 0 saturated carbocycles. The third kappa shape index (κ3) is 11.4. The monoisotopic (exact) mass is 528 g/mol. The molecule has 1 rings (SSSR count). The Morgan fingerprint density at radius 3 is 2.22 bits per heavy atom. The Hall–Kier alpha value is -3.46. The summed E-state index contributed by atoms with van der Waals surface area (Å²) in [6.07, 6.45) is 2.05. The summed E-state index contributed by atoms with van der Waals surface area (Å²) in [5, 5.41) is 23.6. The number of unbranched alkanes of at least 4 members (excludes halogenated alkanes) is 1. The molecule has 1 fully saturated rings. The first-order valence-electron chi connectivity index (χ1n) is 12.3. The molecule has 15 heteroatoms. The molecule has 0 aromatic heterocycles. The Morgan fingerprint density at radius 2 is 1.62 bits per heavy atom. The maximum atomic E-state index is 13.1. The third-order valence-corrected chi connectivity index (χ3v) is 5.97. The number of likely N-dealkylation sites (tertiary alicyclic amines) is 1. The third-order valence-electron chi connectivity index (χ3n) is 5.97. The van der Waals surface area contributed by atoms with Crippen LogP contribution < -0.4 is 33.6 Å². The molecule has 0 spiro atoms. The van der Waals surface area contributed by atoms with Crippen LogP contribution in [0.3, 0.4) is 0 Å². The second-order valence-corrected chi connectivity index (χ2v) is 8.92. The average molecular weight is 529 g/mol. The van der Waals surface area contributed by atoms with E-state index in [1.807, 2.05) is 0 Å². The SMILES string of the molecule is NCCCCC(NC(=O)C(N)CCCN=C(N)N)C(=O)NC(CCC(=O)O)C(=O)N1CCCC1C(=O)O. The van der Waals surface area contributed by atoms with E-state index >= 15 is 0 Å². The number of aliphatic imine (C=N–C) groups is 1. The van der Waals surface area contributed by atoms with Gasteiger partial charge in [-0.05, 0) is 57.9 Å². The fourth-order valence-electron chi connectivity index (χ4n) is 3.98. The lowest BCUT2D eigenvalue weighted by Gasteiger charge is -2.29. The van der Waals surface area contributed by atoms with Crippen molar-refractivity contribution in [2.45, 2.75) is 82.0 Å². The minimum Gasteiger partial charge on any atom is -0.481 e. The van der Waals surface area contributed by atoms with E-state index in [4.69, 9.17) is 28.0 Å². The molecule has 3 amide bonds. The summed E-state index contributed by atoms with van der Waals surface area (Å²) in [6, 6.07) is -4.32. The molecule has 37 heavy (non-hydrogen) atoms. The Labute approximate surface area is 215 Å². The van der Waals surface area contributed by atoms with E-state index in [0.29, 0.717) is 32.2 Å². The summed E-state index contributed by atoms with van der Waals surface area (Å²) >= 11 is 0. The summed E-state index contributed by atoms with van der Waals surface area (Å²) in [7, 11) is 0. The van der Waals surface area contributed by atoms with E-state index in [0.717, 1.165) is 4.90 Å². The largest absolute Gasteiger partial charge is 0.481 e. The van der Waals surface area contributed by atoms with Crippen LogP contribution in [-0.2, 0) is 24.0 Å². The number of hydrogen-bond acceptors (Lipinski definition) is 8. The van der Waals surface area contributed by atoms with Gasteiger partial charge in [-0.1, -0.05) is 0 Å². The van der Waals surface area contributed by atoms with Crippen molar-refractivity contribution in [2.75, 3.05) is 19.6 Å². The van der Waals surface area contributed by atoms with E-state index in [9.17, 15) is 29.1 Å². The standard InChI is InChI=1S/C22H40N8O7/c23-10-2-1-6-14(28-18(33)13(24)5-3-11-27-22(25)26)19(34)29-15(8-9-17(31)32)20(35)30-12-4-7-16(30)21(36)37/h13-16H,1-12,23-24H2,(H,28,33)(H,29,34)(H,31,32)(H,36,37)(H4,25,26,27). The zero-order chi connectivity index (χ0) is 28.0. The smallest absolute Gasteiger partial charge is 0.326 e. The Bertz CT molecular complexity index is 834. The molecule has 1 aliphatic rings. The average Bonchev–Trinajstić information content (AvgIpc) is 3.33. The molecule has 0 bridgehead atoms. The van der Waals surface area contributed by atoms with Crippen LogP contribution in [-0.4, -0.2) is 94.5 Å². The quantitative estimate of drug-likeness (QED) is 0.0551. The molecule has 1 heterocycles.